The van der Waals surface area contributed by atoms with Crippen LogP contribution in [-0.2, 0) is 16.1 Å². The number of piperazine rings is 1. The van der Waals surface area contributed by atoms with Gasteiger partial charge in [-0.2, -0.15) is 0 Å². The Hall–Kier alpha value is -4.50. The molecular weight excluding hydrogens is 625 g/mol. The van der Waals surface area contributed by atoms with Crippen LogP contribution in [0.2, 0.25) is 0 Å². The first-order valence-corrected chi connectivity index (χ1v) is 14.9. The van der Waals surface area contributed by atoms with E-state index in [-0.39, 0.29) is 18.4 Å². The number of aromatic nitrogens is 2. The third-order valence-electron chi connectivity index (χ3n) is 8.14. The second-order valence-corrected chi connectivity index (χ2v) is 11.2. The molecule has 0 bridgehead atoms. The first kappa shape index (κ1) is 32.4. The van der Waals surface area contributed by atoms with E-state index in [1.807, 2.05) is 12.1 Å². The number of carbonyl (C=O) groups is 1. The maximum atomic E-state index is 14.3. The van der Waals surface area contributed by atoms with Crippen LogP contribution in [0.5, 0.6) is 0 Å². The fourth-order valence-electron chi connectivity index (χ4n) is 5.67. The first-order chi connectivity index (χ1) is 22.7. The first-order valence-electron chi connectivity index (χ1n) is 14.9. The number of anilines is 2. The van der Waals surface area contributed by atoms with Crippen LogP contribution in [0.1, 0.15) is 45.9 Å². The normalized spacial score (nSPS) is 20.3. The molecule has 2 N–H and O–H groups in total. The lowest BCUT2D eigenvalue weighted by molar-refractivity contribution is -0.253. The minimum atomic E-state index is -2.35. The Morgan fingerprint density at radius 3 is 2.15 bits per heavy atom. The Morgan fingerprint density at radius 1 is 0.830 bits per heavy atom. The van der Waals surface area contributed by atoms with Crippen molar-refractivity contribution in [2.75, 3.05) is 42.9 Å². The molecule has 246 valence electrons. The molecule has 0 radical (unpaired) electrons. The summed E-state index contributed by atoms with van der Waals surface area (Å²) >= 11 is 0. The molecule has 4 aromatic rings. The van der Waals surface area contributed by atoms with Gasteiger partial charge in [-0.1, -0.05) is 36.4 Å². The van der Waals surface area contributed by atoms with E-state index in [0.717, 1.165) is 37.3 Å². The maximum Gasteiger partial charge on any atom is 0.261 e. The second-order valence-electron chi connectivity index (χ2n) is 11.2. The van der Waals surface area contributed by atoms with Crippen LogP contribution in [0.15, 0.2) is 67.0 Å². The number of nitrogens with zero attached hydrogens (tertiary/aromatic N) is 4. The highest BCUT2D eigenvalue weighted by molar-refractivity contribution is 6.04. The molecule has 0 saturated carbocycles. The summed E-state index contributed by atoms with van der Waals surface area (Å²) < 4.78 is 82.3. The van der Waals surface area contributed by atoms with Crippen LogP contribution in [0.3, 0.4) is 0 Å². The summed E-state index contributed by atoms with van der Waals surface area (Å²) in [6.07, 6.45) is 2.31. The lowest BCUT2D eigenvalue weighted by atomic mass is 9.99. The number of benzene rings is 3. The zero-order valence-electron chi connectivity index (χ0n) is 24.9. The molecule has 14 heteroatoms. The van der Waals surface area contributed by atoms with E-state index < -0.39 is 53.0 Å². The average molecular weight is 656 g/mol. The van der Waals surface area contributed by atoms with Crippen molar-refractivity contribution in [3.63, 3.8) is 0 Å². The molecule has 3 aromatic carbocycles. The number of nitrogens with one attached hydrogen (secondary N) is 1. The van der Waals surface area contributed by atoms with E-state index in [1.165, 1.54) is 18.2 Å². The van der Waals surface area contributed by atoms with Crippen molar-refractivity contribution in [3.8, 4) is 0 Å². The molecule has 0 unspecified atom stereocenters. The maximum absolute atomic E-state index is 14.3. The number of hydrogen-bond donors (Lipinski definition) is 2. The van der Waals surface area contributed by atoms with Gasteiger partial charge in [0.2, 0.25) is 11.8 Å². The number of aliphatic hydroxyl groups excluding tert-OH is 1. The minimum Gasteiger partial charge on any atom is -0.392 e. The Kier molecular flexibility index (Phi) is 9.73. The molecule has 0 spiro atoms. The summed E-state index contributed by atoms with van der Waals surface area (Å²) in [5.74, 6) is -12.1. The molecule has 3 heterocycles. The number of hydrogen-bond acceptors (Lipinski definition) is 8. The number of rotatable bonds is 8. The average Bonchev–Trinajstić information content (AvgIpc) is 3.10. The van der Waals surface area contributed by atoms with Gasteiger partial charge in [-0.15, -0.1) is 0 Å². The highest BCUT2D eigenvalue weighted by Crippen LogP contribution is 2.39. The van der Waals surface area contributed by atoms with Crippen molar-refractivity contribution in [1.29, 1.82) is 0 Å². The monoisotopic (exact) mass is 655 g/mol. The molecule has 9 nitrogen and oxygen atoms in total. The van der Waals surface area contributed by atoms with Crippen molar-refractivity contribution in [3.05, 3.63) is 118 Å². The molecule has 2 saturated heterocycles. The summed E-state index contributed by atoms with van der Waals surface area (Å²) in [6, 6.07) is 15.2. The fraction of sp³-hybridized carbons (Fsp3) is 0.303. The summed E-state index contributed by atoms with van der Waals surface area (Å²) in [5.41, 5.74) is 0.484. The number of ether oxygens (including phenoxy) is 2. The number of aliphatic hydroxyl groups is 1. The molecule has 0 aliphatic carbocycles. The summed E-state index contributed by atoms with van der Waals surface area (Å²) in [7, 11) is 0. The van der Waals surface area contributed by atoms with Gasteiger partial charge in [0.05, 0.1) is 18.8 Å². The van der Waals surface area contributed by atoms with Gasteiger partial charge < -0.3 is 24.8 Å². The number of amides is 1. The quantitative estimate of drug-likeness (QED) is 0.150. The summed E-state index contributed by atoms with van der Waals surface area (Å²) in [5, 5.41) is 11.7. The topological polar surface area (TPSA) is 100 Å². The third kappa shape index (κ3) is 7.10. The Balaban J connectivity index is 1.20. The van der Waals surface area contributed by atoms with Gasteiger partial charge in [-0.3, -0.25) is 9.69 Å². The Bertz CT molecular complexity index is 1700. The van der Waals surface area contributed by atoms with E-state index in [2.05, 4.69) is 25.1 Å². The van der Waals surface area contributed by atoms with E-state index in [0.29, 0.717) is 24.5 Å². The van der Waals surface area contributed by atoms with Crippen molar-refractivity contribution in [1.82, 2.24) is 14.9 Å². The Labute approximate surface area is 266 Å². The van der Waals surface area contributed by atoms with Crippen LogP contribution in [-0.4, -0.2) is 64.7 Å². The molecule has 6 rings (SSSR count). The van der Waals surface area contributed by atoms with Gasteiger partial charge in [-0.25, -0.2) is 31.9 Å². The van der Waals surface area contributed by atoms with Crippen LogP contribution in [0.4, 0.5) is 33.6 Å². The molecule has 47 heavy (non-hydrogen) atoms. The molecule has 3 atom stereocenters. The van der Waals surface area contributed by atoms with E-state index in [1.54, 1.807) is 36.7 Å². The van der Waals surface area contributed by atoms with Gasteiger partial charge in [0.25, 0.3) is 5.91 Å². The van der Waals surface area contributed by atoms with E-state index in [9.17, 15) is 31.9 Å². The Morgan fingerprint density at radius 2 is 1.49 bits per heavy atom. The van der Waals surface area contributed by atoms with Gasteiger partial charge >= 0.3 is 0 Å². The van der Waals surface area contributed by atoms with Crippen molar-refractivity contribution in [2.24, 2.45) is 0 Å². The lowest BCUT2D eigenvalue weighted by Crippen LogP contribution is -2.50. The zero-order chi connectivity index (χ0) is 33.1. The third-order valence-corrected chi connectivity index (χ3v) is 8.14. The molecule has 1 aromatic heterocycles. The lowest BCUT2D eigenvalue weighted by Gasteiger charge is -2.40. The molecule has 1 amide bonds. The van der Waals surface area contributed by atoms with Crippen LogP contribution in [0.25, 0.3) is 0 Å². The number of halogens is 5. The summed E-state index contributed by atoms with van der Waals surface area (Å²) in [4.78, 5) is 25.7. The number of carbonyl (C=O) groups excluding carboxylic acids is 1. The molecule has 2 aliphatic heterocycles. The summed E-state index contributed by atoms with van der Waals surface area (Å²) in [6.45, 7) is 3.44. The van der Waals surface area contributed by atoms with E-state index in [4.69, 9.17) is 9.47 Å². The highest BCUT2D eigenvalue weighted by atomic mass is 19.2. The van der Waals surface area contributed by atoms with Crippen molar-refractivity contribution < 1.29 is 41.3 Å². The van der Waals surface area contributed by atoms with Crippen LogP contribution >= 0.6 is 0 Å². The predicted molar refractivity (Wildman–Crippen MR) is 160 cm³/mol. The van der Waals surface area contributed by atoms with Gasteiger partial charge in [0.1, 0.15) is 5.56 Å². The minimum absolute atomic E-state index is 0.0221. The molecule has 2 aliphatic rings. The van der Waals surface area contributed by atoms with Crippen molar-refractivity contribution in [2.45, 2.75) is 31.5 Å². The highest BCUT2D eigenvalue weighted by Gasteiger charge is 2.35. The van der Waals surface area contributed by atoms with Gasteiger partial charge in [0.15, 0.2) is 29.6 Å². The van der Waals surface area contributed by atoms with Gasteiger partial charge in [0, 0.05) is 62.8 Å². The smallest absolute Gasteiger partial charge is 0.261 e. The fourth-order valence-corrected chi connectivity index (χ4v) is 5.67. The van der Waals surface area contributed by atoms with E-state index >= 15 is 0 Å². The zero-order valence-corrected chi connectivity index (χ0v) is 24.9. The standard InChI is InChI=1S/C33H30F5N5O4/c34-26-25(27(35)29(37)30(38)28(26)36)31(45)41-22-4-1-3-21(15-22)32-46-23(16-24(47-32)20-7-5-19(18-44)6-8-20)17-42-11-13-43(14-12-42)33-39-9-2-10-40-33/h1-10,15,23-24,32,44H,11-14,16-18H2,(H,41,45)/t23-,24+,32+/m1/s1. The van der Waals surface area contributed by atoms with Gasteiger partial charge in [-0.05, 0) is 29.3 Å². The predicted octanol–water partition coefficient (Wildman–Crippen LogP) is 5.28. The van der Waals surface area contributed by atoms with Crippen LogP contribution in [0, 0.1) is 29.1 Å². The molecular formula is C33H30F5N5O4. The van der Waals surface area contributed by atoms with Crippen molar-refractivity contribution >= 4 is 17.5 Å². The second kappa shape index (κ2) is 14.1. The SMILES string of the molecule is O=C(Nc1cccc([C@H]2O[C@@H](CN3CCN(c4ncccn4)CC3)C[C@@H](c3ccc(CO)cc3)O2)c1)c1c(F)c(F)c(F)c(F)c1F. The largest absolute Gasteiger partial charge is 0.392 e. The van der Waals surface area contributed by atoms with Crippen LogP contribution < -0.4 is 10.2 Å². The molecule has 2 fully saturated rings.